The third-order valence-corrected chi connectivity index (χ3v) is 4.98. The first-order valence-corrected chi connectivity index (χ1v) is 10.2. The van der Waals surface area contributed by atoms with Crippen LogP contribution in [0.4, 0.5) is 4.79 Å². The second-order valence-corrected chi connectivity index (χ2v) is 7.80. The minimum atomic E-state index is -0.434. The van der Waals surface area contributed by atoms with Gasteiger partial charge in [-0.25, -0.2) is 4.79 Å². The highest BCUT2D eigenvalue weighted by Crippen LogP contribution is 2.42. The molecular weight excluding hydrogens is 414 g/mol. The molecule has 0 saturated carbocycles. The summed E-state index contributed by atoms with van der Waals surface area (Å²) >= 11 is 0. The van der Waals surface area contributed by atoms with Gasteiger partial charge >= 0.3 is 6.09 Å². The summed E-state index contributed by atoms with van der Waals surface area (Å²) in [4.78, 5) is 26.9. The minimum absolute atomic E-state index is 0.000629. The average Bonchev–Trinajstić information content (AvgIpc) is 2.72. The highest BCUT2D eigenvalue weighted by Gasteiger charge is 2.22. The van der Waals surface area contributed by atoms with Crippen LogP contribution in [-0.2, 0) is 0 Å². The van der Waals surface area contributed by atoms with E-state index in [0.717, 1.165) is 0 Å². The van der Waals surface area contributed by atoms with Crippen molar-refractivity contribution in [2.45, 2.75) is 39.8 Å². The van der Waals surface area contributed by atoms with Crippen LogP contribution in [0.5, 0.6) is 23.0 Å². The van der Waals surface area contributed by atoms with Gasteiger partial charge in [0.05, 0.1) is 14.2 Å². The van der Waals surface area contributed by atoms with E-state index in [1.807, 2.05) is 27.7 Å². The normalized spacial score (nSPS) is 11.1. The van der Waals surface area contributed by atoms with Gasteiger partial charge in [0.1, 0.15) is 22.5 Å². The molecule has 0 aliphatic heterocycles. The number of hydrogen-bond acceptors (Lipinski definition) is 7. The van der Waals surface area contributed by atoms with Gasteiger partial charge in [0.25, 0.3) is 0 Å². The largest absolute Gasteiger partial charge is 0.504 e. The summed E-state index contributed by atoms with van der Waals surface area (Å²) in [5.74, 6) is 0.613. The van der Waals surface area contributed by atoms with Crippen LogP contribution in [0.2, 0.25) is 0 Å². The van der Waals surface area contributed by atoms with Crippen molar-refractivity contribution in [3.63, 3.8) is 0 Å². The molecule has 0 saturated heterocycles. The number of nitrogens with zero attached hydrogens (tertiary/aromatic N) is 1. The van der Waals surface area contributed by atoms with Crippen molar-refractivity contribution in [2.24, 2.45) is 0 Å². The van der Waals surface area contributed by atoms with Crippen LogP contribution in [0.3, 0.4) is 0 Å². The van der Waals surface area contributed by atoms with Gasteiger partial charge in [0, 0.05) is 29.8 Å². The van der Waals surface area contributed by atoms with E-state index in [2.05, 4.69) is 0 Å². The highest BCUT2D eigenvalue weighted by molar-refractivity contribution is 5.90. The van der Waals surface area contributed by atoms with Crippen LogP contribution in [0.25, 0.3) is 22.3 Å². The van der Waals surface area contributed by atoms with Crippen molar-refractivity contribution in [1.82, 2.24) is 4.90 Å². The Balaban J connectivity index is 1.95. The molecule has 1 heterocycles. The predicted molar refractivity (Wildman–Crippen MR) is 121 cm³/mol. The van der Waals surface area contributed by atoms with Crippen molar-refractivity contribution in [3.05, 3.63) is 46.6 Å². The second kappa shape index (κ2) is 9.21. The number of phenolic OH excluding ortho intramolecular Hbond substituents is 1. The van der Waals surface area contributed by atoms with E-state index in [-0.39, 0.29) is 51.5 Å². The average molecular weight is 441 g/mol. The zero-order valence-electron chi connectivity index (χ0n) is 19.0. The van der Waals surface area contributed by atoms with Crippen molar-refractivity contribution in [3.8, 4) is 34.3 Å². The first-order chi connectivity index (χ1) is 15.2. The van der Waals surface area contributed by atoms with Gasteiger partial charge in [-0.15, -0.1) is 0 Å². The van der Waals surface area contributed by atoms with Crippen LogP contribution in [0.15, 0.2) is 45.6 Å². The molecule has 8 nitrogen and oxygen atoms in total. The molecule has 0 aliphatic rings. The van der Waals surface area contributed by atoms with Gasteiger partial charge < -0.3 is 28.6 Å². The standard InChI is InChI=1S/C24H27NO7/c1-13(2)25(14(3)4)24(28)31-16-9-7-15(8-10-16)19-11-17(26)21-20(32-19)12-18(27)22(29-5)23(21)30-6/h7-14,27H,1-6H3. The summed E-state index contributed by atoms with van der Waals surface area (Å²) in [5.41, 5.74) is 0.404. The third kappa shape index (κ3) is 4.34. The summed E-state index contributed by atoms with van der Waals surface area (Å²) in [6.45, 7) is 7.70. The van der Waals surface area contributed by atoms with Crippen molar-refractivity contribution >= 4 is 17.1 Å². The number of carbonyl (C=O) groups excluding carboxylic acids is 1. The number of amides is 1. The van der Waals surface area contributed by atoms with E-state index in [1.165, 1.54) is 26.4 Å². The number of carbonyl (C=O) groups is 1. The minimum Gasteiger partial charge on any atom is -0.504 e. The maximum absolute atomic E-state index is 12.8. The quantitative estimate of drug-likeness (QED) is 0.587. The molecule has 8 heteroatoms. The molecule has 0 bridgehead atoms. The number of benzene rings is 2. The Morgan fingerprint density at radius 1 is 0.969 bits per heavy atom. The fourth-order valence-corrected chi connectivity index (χ4v) is 3.65. The lowest BCUT2D eigenvalue weighted by Gasteiger charge is -2.29. The topological polar surface area (TPSA) is 98.4 Å². The predicted octanol–water partition coefficient (Wildman–Crippen LogP) is 4.80. The summed E-state index contributed by atoms with van der Waals surface area (Å²) in [6, 6.07) is 9.27. The lowest BCUT2D eigenvalue weighted by molar-refractivity contribution is 0.122. The molecule has 0 atom stereocenters. The molecule has 3 aromatic rings. The van der Waals surface area contributed by atoms with Crippen LogP contribution >= 0.6 is 0 Å². The molecule has 32 heavy (non-hydrogen) atoms. The first-order valence-electron chi connectivity index (χ1n) is 10.2. The van der Waals surface area contributed by atoms with E-state index in [1.54, 1.807) is 29.2 Å². The lowest BCUT2D eigenvalue weighted by atomic mass is 10.1. The molecule has 0 fully saturated rings. The van der Waals surface area contributed by atoms with E-state index in [0.29, 0.717) is 11.3 Å². The van der Waals surface area contributed by atoms with Crippen LogP contribution in [0.1, 0.15) is 27.7 Å². The Hall–Kier alpha value is -3.68. The lowest BCUT2D eigenvalue weighted by Crippen LogP contribution is -2.43. The molecule has 0 aliphatic carbocycles. The third-order valence-electron chi connectivity index (χ3n) is 4.98. The van der Waals surface area contributed by atoms with Gasteiger partial charge in [-0.3, -0.25) is 4.79 Å². The smallest absolute Gasteiger partial charge is 0.415 e. The van der Waals surface area contributed by atoms with E-state index < -0.39 is 6.09 Å². The van der Waals surface area contributed by atoms with E-state index >= 15 is 0 Å². The second-order valence-electron chi connectivity index (χ2n) is 7.80. The molecule has 1 amide bonds. The van der Waals surface area contributed by atoms with Crippen molar-refractivity contribution in [1.29, 1.82) is 0 Å². The molecule has 0 unspecified atom stereocenters. The number of rotatable bonds is 6. The Kier molecular flexibility index (Phi) is 6.62. The Morgan fingerprint density at radius 3 is 2.09 bits per heavy atom. The molecule has 170 valence electrons. The first kappa shape index (κ1) is 23.0. The Bertz CT molecular complexity index is 1170. The molecule has 0 radical (unpaired) electrons. The number of methoxy groups -OCH3 is 2. The maximum Gasteiger partial charge on any atom is 0.415 e. The SMILES string of the molecule is COc1c(O)cc2oc(-c3ccc(OC(=O)N(C(C)C)C(C)C)cc3)cc(=O)c2c1OC. The molecule has 1 aromatic heterocycles. The summed E-state index contributed by atoms with van der Waals surface area (Å²) < 4.78 is 21.7. The van der Waals surface area contributed by atoms with Gasteiger partial charge in [-0.1, -0.05) is 0 Å². The van der Waals surface area contributed by atoms with E-state index in [9.17, 15) is 14.7 Å². The highest BCUT2D eigenvalue weighted by atomic mass is 16.6. The number of fused-ring (bicyclic) bond motifs is 1. The molecule has 1 N–H and O–H groups in total. The number of ether oxygens (including phenoxy) is 3. The summed E-state index contributed by atoms with van der Waals surface area (Å²) in [6.07, 6.45) is -0.434. The van der Waals surface area contributed by atoms with Gasteiger partial charge in [0.15, 0.2) is 16.9 Å². The van der Waals surface area contributed by atoms with Gasteiger partial charge in [-0.2, -0.15) is 0 Å². The van der Waals surface area contributed by atoms with Crippen LogP contribution in [0, 0.1) is 0 Å². The van der Waals surface area contributed by atoms with Crippen molar-refractivity contribution in [2.75, 3.05) is 14.2 Å². The molecule has 3 rings (SSSR count). The van der Waals surface area contributed by atoms with Crippen molar-refractivity contribution < 1.29 is 28.5 Å². The number of hydrogen-bond donors (Lipinski definition) is 1. The fourth-order valence-electron chi connectivity index (χ4n) is 3.65. The van der Waals surface area contributed by atoms with Crippen LogP contribution < -0.4 is 19.6 Å². The Morgan fingerprint density at radius 2 is 1.56 bits per heavy atom. The number of aromatic hydroxyl groups is 1. The molecule has 2 aromatic carbocycles. The maximum atomic E-state index is 12.8. The monoisotopic (exact) mass is 441 g/mol. The zero-order valence-corrected chi connectivity index (χ0v) is 19.0. The fraction of sp³-hybridized carbons (Fsp3) is 0.333. The number of phenols is 1. The van der Waals surface area contributed by atoms with Gasteiger partial charge in [0.2, 0.25) is 5.75 Å². The summed E-state index contributed by atoms with van der Waals surface area (Å²) in [7, 11) is 2.75. The Labute approximate surface area is 185 Å². The molecular formula is C24H27NO7. The zero-order chi connectivity index (χ0) is 23.6. The van der Waals surface area contributed by atoms with E-state index in [4.69, 9.17) is 18.6 Å². The van der Waals surface area contributed by atoms with Crippen LogP contribution in [-0.4, -0.2) is 42.4 Å². The summed E-state index contributed by atoms with van der Waals surface area (Å²) in [5, 5.41) is 10.4. The van der Waals surface area contributed by atoms with Gasteiger partial charge in [-0.05, 0) is 52.0 Å². The molecule has 0 spiro atoms.